The van der Waals surface area contributed by atoms with Crippen molar-refractivity contribution in [2.75, 3.05) is 27.2 Å². The second-order valence-corrected chi connectivity index (χ2v) is 10.1. The maximum atomic E-state index is 12.5. The lowest BCUT2D eigenvalue weighted by atomic mass is 9.47. The molecule has 0 bridgehead atoms. The first-order chi connectivity index (χ1) is 12.8. The van der Waals surface area contributed by atoms with Gasteiger partial charge in [-0.3, -0.25) is 4.79 Å². The molecule has 0 radical (unpaired) electrons. The van der Waals surface area contributed by atoms with E-state index in [1.165, 1.54) is 25.7 Å². The Hall–Kier alpha value is -1.16. The summed E-state index contributed by atoms with van der Waals surface area (Å²) in [5.74, 6) is 2.67. The van der Waals surface area contributed by atoms with Gasteiger partial charge < -0.3 is 9.74 Å². The zero-order valence-corrected chi connectivity index (χ0v) is 17.6. The second kappa shape index (κ2) is 7.02. The molecule has 3 saturated carbocycles. The third-order valence-corrected chi connectivity index (χ3v) is 8.50. The molecular formula is C23H36N2O2. The predicted octanol–water partition coefficient (Wildman–Crippen LogP) is 4.45. The summed E-state index contributed by atoms with van der Waals surface area (Å²) < 4.78 is 0. The molecule has 4 nitrogen and oxygen atoms in total. The van der Waals surface area contributed by atoms with E-state index >= 15 is 0 Å². The van der Waals surface area contributed by atoms with Gasteiger partial charge in [0.05, 0.1) is 5.71 Å². The predicted molar refractivity (Wildman–Crippen MR) is 109 cm³/mol. The van der Waals surface area contributed by atoms with Crippen molar-refractivity contribution < 1.29 is 9.63 Å². The average molecular weight is 373 g/mol. The summed E-state index contributed by atoms with van der Waals surface area (Å²) >= 11 is 0. The number of ketones is 1. The Bertz CT molecular complexity index is 667. The van der Waals surface area contributed by atoms with Gasteiger partial charge in [-0.15, -0.1) is 0 Å². The fourth-order valence-electron chi connectivity index (χ4n) is 6.77. The van der Waals surface area contributed by atoms with Crippen LogP contribution in [0.3, 0.4) is 0 Å². The summed E-state index contributed by atoms with van der Waals surface area (Å²) in [6, 6.07) is 0. The highest BCUT2D eigenvalue weighted by Gasteiger charge is 2.58. The van der Waals surface area contributed by atoms with Crippen LogP contribution in [0.5, 0.6) is 0 Å². The smallest absolute Gasteiger partial charge is 0.139 e. The molecule has 5 unspecified atom stereocenters. The fraction of sp³-hybridized carbons (Fsp3) is 0.826. The highest BCUT2D eigenvalue weighted by atomic mass is 16.6. The van der Waals surface area contributed by atoms with Crippen LogP contribution in [0.4, 0.5) is 0 Å². The van der Waals surface area contributed by atoms with Gasteiger partial charge in [0.15, 0.2) is 0 Å². The minimum Gasteiger partial charge on any atom is -0.394 e. The highest BCUT2D eigenvalue weighted by molar-refractivity contribution is 5.96. The molecule has 27 heavy (non-hydrogen) atoms. The number of carbonyl (C=O) groups is 1. The first-order valence-corrected chi connectivity index (χ1v) is 10.9. The molecule has 0 aromatic rings. The van der Waals surface area contributed by atoms with Gasteiger partial charge in [-0.2, -0.15) is 0 Å². The lowest BCUT2D eigenvalue weighted by molar-refractivity contribution is -0.132. The number of nitrogens with zero attached hydrogens (tertiary/aromatic N) is 2. The Labute approximate surface area is 164 Å². The quantitative estimate of drug-likeness (QED) is 0.541. The Morgan fingerprint density at radius 2 is 1.85 bits per heavy atom. The highest BCUT2D eigenvalue weighted by Crippen LogP contribution is 2.64. The maximum Gasteiger partial charge on any atom is 0.139 e. The molecule has 0 spiro atoms. The molecular weight excluding hydrogens is 336 g/mol. The summed E-state index contributed by atoms with van der Waals surface area (Å²) in [7, 11) is 4.10. The molecule has 0 N–H and O–H groups in total. The zero-order valence-electron chi connectivity index (χ0n) is 17.6. The number of likely N-dealkylation sites (N-methyl/N-ethyl adjacent to an activating group) is 1. The van der Waals surface area contributed by atoms with E-state index in [1.54, 1.807) is 5.57 Å². The van der Waals surface area contributed by atoms with Crippen LogP contribution in [0.1, 0.15) is 65.2 Å². The van der Waals surface area contributed by atoms with Gasteiger partial charge in [-0.1, -0.05) is 24.6 Å². The van der Waals surface area contributed by atoms with Crippen molar-refractivity contribution in [2.45, 2.75) is 65.2 Å². The van der Waals surface area contributed by atoms with Crippen LogP contribution >= 0.6 is 0 Å². The van der Waals surface area contributed by atoms with E-state index in [0.717, 1.165) is 49.8 Å². The molecule has 4 rings (SSSR count). The van der Waals surface area contributed by atoms with Crippen LogP contribution in [0.2, 0.25) is 0 Å². The Kier molecular flexibility index (Phi) is 4.99. The lowest BCUT2D eigenvalue weighted by Gasteiger charge is -2.57. The van der Waals surface area contributed by atoms with Crippen molar-refractivity contribution in [2.24, 2.45) is 33.7 Å². The van der Waals surface area contributed by atoms with Crippen LogP contribution in [0, 0.1) is 28.6 Å². The van der Waals surface area contributed by atoms with Gasteiger partial charge in [-0.05, 0) is 88.3 Å². The number of fused-ring (bicyclic) bond motifs is 5. The minimum atomic E-state index is -0.0136. The van der Waals surface area contributed by atoms with Gasteiger partial charge in [-0.25, -0.2) is 0 Å². The number of rotatable bonds is 4. The standard InChI is InChI=1S/C23H36N2O2/c1-22-11-9-17(24-27-14-13-25(3)4)15-16(22)5-6-18-19-7-8-21(26)23(19,2)12-10-20(18)22/h15,18-20H,5-14H2,1-4H3. The summed E-state index contributed by atoms with van der Waals surface area (Å²) in [6.07, 6.45) is 11.3. The van der Waals surface area contributed by atoms with E-state index in [1.807, 2.05) is 0 Å². The molecule has 4 aliphatic rings. The molecule has 0 aliphatic heterocycles. The molecule has 4 aliphatic carbocycles. The molecule has 0 aromatic carbocycles. The SMILES string of the molecule is CN(C)CCON=C1C=C2CCC3C4CCC(=O)C4(C)CCC3C2(C)CC1. The van der Waals surface area contributed by atoms with Crippen molar-refractivity contribution in [3.05, 3.63) is 11.6 Å². The summed E-state index contributed by atoms with van der Waals surface area (Å²) in [4.78, 5) is 20.2. The summed E-state index contributed by atoms with van der Waals surface area (Å²) in [6.45, 7) is 6.32. The Balaban J connectivity index is 1.50. The molecule has 5 atom stereocenters. The fourth-order valence-corrected chi connectivity index (χ4v) is 6.77. The van der Waals surface area contributed by atoms with E-state index in [4.69, 9.17) is 4.84 Å². The van der Waals surface area contributed by atoms with Crippen molar-refractivity contribution in [3.8, 4) is 0 Å². The van der Waals surface area contributed by atoms with Gasteiger partial charge in [0.25, 0.3) is 0 Å². The number of hydrogen-bond donors (Lipinski definition) is 0. The minimum absolute atomic E-state index is 0.0136. The van der Waals surface area contributed by atoms with Gasteiger partial charge in [0.2, 0.25) is 0 Å². The third kappa shape index (κ3) is 3.18. The van der Waals surface area contributed by atoms with Crippen molar-refractivity contribution >= 4 is 11.5 Å². The molecule has 0 saturated heterocycles. The zero-order chi connectivity index (χ0) is 19.2. The van der Waals surface area contributed by atoms with Crippen LogP contribution in [0.15, 0.2) is 16.8 Å². The number of oxime groups is 1. The van der Waals surface area contributed by atoms with E-state index in [-0.39, 0.29) is 5.41 Å². The van der Waals surface area contributed by atoms with Crippen molar-refractivity contribution in [1.29, 1.82) is 0 Å². The molecule has 3 fully saturated rings. The monoisotopic (exact) mass is 372 g/mol. The molecule has 0 amide bonds. The van der Waals surface area contributed by atoms with Crippen LogP contribution in [-0.2, 0) is 9.63 Å². The van der Waals surface area contributed by atoms with Crippen molar-refractivity contribution in [1.82, 2.24) is 4.90 Å². The van der Waals surface area contributed by atoms with E-state index in [2.05, 4.69) is 44.1 Å². The van der Waals surface area contributed by atoms with E-state index in [9.17, 15) is 4.79 Å². The first kappa shape index (κ1) is 19.2. The van der Waals surface area contributed by atoms with Crippen LogP contribution in [0.25, 0.3) is 0 Å². The Morgan fingerprint density at radius 1 is 1.07 bits per heavy atom. The normalized spacial score (nSPS) is 42.6. The largest absolute Gasteiger partial charge is 0.394 e. The van der Waals surface area contributed by atoms with E-state index < -0.39 is 0 Å². The topological polar surface area (TPSA) is 41.9 Å². The van der Waals surface area contributed by atoms with Gasteiger partial charge in [0, 0.05) is 18.4 Å². The average Bonchev–Trinajstić information content (AvgIpc) is 2.94. The summed E-state index contributed by atoms with van der Waals surface area (Å²) in [5.41, 5.74) is 3.01. The molecule has 150 valence electrons. The lowest BCUT2D eigenvalue weighted by Crippen LogP contribution is -2.50. The number of allylic oxidation sites excluding steroid dienone is 2. The van der Waals surface area contributed by atoms with Gasteiger partial charge >= 0.3 is 0 Å². The second-order valence-electron chi connectivity index (χ2n) is 10.1. The van der Waals surface area contributed by atoms with Crippen molar-refractivity contribution in [3.63, 3.8) is 0 Å². The number of Topliss-reactive ketones (excluding diaryl/α,β-unsaturated/α-hetero) is 1. The molecule has 4 heteroatoms. The maximum absolute atomic E-state index is 12.5. The summed E-state index contributed by atoms with van der Waals surface area (Å²) in [5, 5.41) is 4.42. The number of hydrogen-bond acceptors (Lipinski definition) is 4. The van der Waals surface area contributed by atoms with E-state index in [0.29, 0.717) is 23.7 Å². The first-order valence-electron chi connectivity index (χ1n) is 10.9. The van der Waals surface area contributed by atoms with Crippen LogP contribution in [-0.4, -0.2) is 43.6 Å². The van der Waals surface area contributed by atoms with Crippen LogP contribution < -0.4 is 0 Å². The third-order valence-electron chi connectivity index (χ3n) is 8.50. The molecule has 0 heterocycles. The molecule has 0 aromatic heterocycles. The Morgan fingerprint density at radius 3 is 2.63 bits per heavy atom. The number of carbonyl (C=O) groups excluding carboxylic acids is 1. The van der Waals surface area contributed by atoms with Gasteiger partial charge in [0.1, 0.15) is 12.4 Å².